The number of para-hydroxylation sites is 1. The molecule has 0 saturated carbocycles. The minimum atomic E-state index is -0.693. The van der Waals surface area contributed by atoms with Crippen molar-refractivity contribution in [2.24, 2.45) is 13.0 Å². The first-order valence-electron chi connectivity index (χ1n) is 10.9. The number of halogens is 1. The van der Waals surface area contributed by atoms with Gasteiger partial charge in [-0.15, -0.1) is 0 Å². The van der Waals surface area contributed by atoms with Gasteiger partial charge >= 0.3 is 0 Å². The first-order chi connectivity index (χ1) is 15.4. The van der Waals surface area contributed by atoms with Gasteiger partial charge in [0.15, 0.2) is 0 Å². The van der Waals surface area contributed by atoms with Gasteiger partial charge in [0, 0.05) is 41.6 Å². The molecule has 1 aliphatic heterocycles. The van der Waals surface area contributed by atoms with Crippen LogP contribution in [0.3, 0.4) is 0 Å². The molecular weight excluding hydrogens is 442 g/mol. The number of amides is 2. The highest BCUT2D eigenvalue weighted by Crippen LogP contribution is 2.42. The Morgan fingerprint density at radius 1 is 1.19 bits per heavy atom. The molecule has 0 bridgehead atoms. The molecule has 168 valence electrons. The summed E-state index contributed by atoms with van der Waals surface area (Å²) in [4.78, 5) is 28.6. The van der Waals surface area contributed by atoms with Gasteiger partial charge in [-0.2, -0.15) is 0 Å². The second kappa shape index (κ2) is 9.59. The molecule has 4 rings (SSSR count). The molecule has 0 unspecified atom stereocenters. The zero-order valence-corrected chi connectivity index (χ0v) is 20.2. The van der Waals surface area contributed by atoms with Crippen LogP contribution >= 0.6 is 23.4 Å². The van der Waals surface area contributed by atoms with E-state index < -0.39 is 6.04 Å². The van der Waals surface area contributed by atoms with Gasteiger partial charge in [-0.1, -0.05) is 67.5 Å². The van der Waals surface area contributed by atoms with Crippen molar-refractivity contribution in [3.63, 3.8) is 0 Å². The zero-order valence-electron chi connectivity index (χ0n) is 18.6. The van der Waals surface area contributed by atoms with E-state index in [0.717, 1.165) is 33.5 Å². The maximum Gasteiger partial charge on any atom is 0.247 e. The van der Waals surface area contributed by atoms with E-state index in [0.29, 0.717) is 29.8 Å². The molecule has 3 aromatic rings. The summed E-state index contributed by atoms with van der Waals surface area (Å²) in [6, 6.07) is 14.8. The number of benzene rings is 2. The molecular formula is C25H28ClN3O2S. The molecule has 0 saturated heterocycles. The standard InChI is InChI=1S/C25H28ClN3O2S/c1-16(2)12-13-27-24(31)23-22-19-6-4-5-7-20(19)28(3)25(22)32-15-21(30)29(23)14-17-8-10-18(26)11-9-17/h4-11,16,23H,12-15H2,1-3H3,(H,27,31)/t23-/m0/s1. The van der Waals surface area contributed by atoms with Crippen LogP contribution in [0, 0.1) is 5.92 Å². The molecule has 0 aliphatic carbocycles. The molecule has 32 heavy (non-hydrogen) atoms. The third-order valence-electron chi connectivity index (χ3n) is 5.86. The van der Waals surface area contributed by atoms with E-state index in [1.54, 1.807) is 4.90 Å². The number of thioether (sulfide) groups is 1. The summed E-state index contributed by atoms with van der Waals surface area (Å²) >= 11 is 7.56. The number of fused-ring (bicyclic) bond motifs is 3. The Hall–Kier alpha value is -2.44. The van der Waals surface area contributed by atoms with Gasteiger partial charge in [0.05, 0.1) is 10.8 Å². The van der Waals surface area contributed by atoms with Crippen molar-refractivity contribution in [1.82, 2.24) is 14.8 Å². The van der Waals surface area contributed by atoms with E-state index in [1.807, 2.05) is 49.5 Å². The number of aromatic nitrogens is 1. The summed E-state index contributed by atoms with van der Waals surface area (Å²) in [5, 5.41) is 5.73. The molecule has 1 atom stereocenters. The fourth-order valence-corrected chi connectivity index (χ4v) is 5.39. The number of nitrogens with zero attached hydrogens (tertiary/aromatic N) is 2. The molecule has 0 radical (unpaired) electrons. The maximum absolute atomic E-state index is 13.6. The molecule has 1 aromatic heterocycles. The quantitative estimate of drug-likeness (QED) is 0.541. The fourth-order valence-electron chi connectivity index (χ4n) is 4.17. The van der Waals surface area contributed by atoms with Crippen molar-refractivity contribution in [3.8, 4) is 0 Å². The summed E-state index contributed by atoms with van der Waals surface area (Å²) < 4.78 is 2.10. The molecule has 5 nitrogen and oxygen atoms in total. The molecule has 1 N–H and O–H groups in total. The highest BCUT2D eigenvalue weighted by molar-refractivity contribution is 8.00. The van der Waals surface area contributed by atoms with Crippen molar-refractivity contribution in [1.29, 1.82) is 0 Å². The Bertz CT molecular complexity index is 1140. The Morgan fingerprint density at radius 3 is 2.62 bits per heavy atom. The van der Waals surface area contributed by atoms with Gasteiger partial charge in [-0.25, -0.2) is 0 Å². The molecule has 7 heteroatoms. The third kappa shape index (κ3) is 4.52. The second-order valence-electron chi connectivity index (χ2n) is 8.61. The lowest BCUT2D eigenvalue weighted by molar-refractivity contribution is -0.139. The molecule has 2 amide bonds. The second-order valence-corrected chi connectivity index (χ2v) is 10.0. The fraction of sp³-hybridized carbons (Fsp3) is 0.360. The average molecular weight is 470 g/mol. The van der Waals surface area contributed by atoms with Crippen molar-refractivity contribution < 1.29 is 9.59 Å². The number of carbonyl (C=O) groups excluding carboxylic acids is 2. The van der Waals surface area contributed by atoms with Gasteiger partial charge in [0.25, 0.3) is 0 Å². The van der Waals surface area contributed by atoms with Crippen LogP contribution in [-0.2, 0) is 23.2 Å². The lowest BCUT2D eigenvalue weighted by Gasteiger charge is -2.30. The summed E-state index contributed by atoms with van der Waals surface area (Å²) in [5.74, 6) is 0.600. The van der Waals surface area contributed by atoms with E-state index in [9.17, 15) is 9.59 Å². The number of nitrogens with one attached hydrogen (secondary N) is 1. The van der Waals surface area contributed by atoms with Gasteiger partial charge in [-0.05, 0) is 36.1 Å². The lowest BCUT2D eigenvalue weighted by Crippen LogP contribution is -2.43. The monoisotopic (exact) mass is 469 g/mol. The Balaban J connectivity index is 1.80. The van der Waals surface area contributed by atoms with E-state index in [2.05, 4.69) is 29.8 Å². The largest absolute Gasteiger partial charge is 0.354 e. The maximum atomic E-state index is 13.6. The SMILES string of the molecule is CC(C)CCNC(=O)[C@@H]1c2c(n(C)c3ccccc23)SCC(=O)N1Cc1ccc(Cl)cc1. The van der Waals surface area contributed by atoms with Crippen LogP contribution in [0.2, 0.25) is 5.02 Å². The Labute approximate surface area is 198 Å². The van der Waals surface area contributed by atoms with Crippen LogP contribution < -0.4 is 5.32 Å². The van der Waals surface area contributed by atoms with E-state index in [-0.39, 0.29) is 11.8 Å². The van der Waals surface area contributed by atoms with Crippen molar-refractivity contribution >= 4 is 46.1 Å². The smallest absolute Gasteiger partial charge is 0.247 e. The zero-order chi connectivity index (χ0) is 22.8. The number of hydrogen-bond donors (Lipinski definition) is 1. The van der Waals surface area contributed by atoms with Crippen LogP contribution in [0.15, 0.2) is 53.6 Å². The Morgan fingerprint density at radius 2 is 1.91 bits per heavy atom. The van der Waals surface area contributed by atoms with E-state index in [1.165, 1.54) is 11.8 Å². The van der Waals surface area contributed by atoms with E-state index in [4.69, 9.17) is 11.6 Å². The number of rotatable bonds is 6. The third-order valence-corrected chi connectivity index (χ3v) is 7.27. The van der Waals surface area contributed by atoms with Gasteiger partial charge < -0.3 is 14.8 Å². The highest BCUT2D eigenvalue weighted by atomic mass is 35.5. The van der Waals surface area contributed by atoms with Gasteiger partial charge in [-0.3, -0.25) is 9.59 Å². The van der Waals surface area contributed by atoms with Crippen molar-refractivity contribution in [3.05, 3.63) is 64.7 Å². The highest BCUT2D eigenvalue weighted by Gasteiger charge is 2.38. The van der Waals surface area contributed by atoms with Crippen LogP contribution in [0.25, 0.3) is 10.9 Å². The van der Waals surface area contributed by atoms with Crippen LogP contribution in [-0.4, -0.2) is 33.6 Å². The average Bonchev–Trinajstić information content (AvgIpc) is 2.95. The topological polar surface area (TPSA) is 54.3 Å². The summed E-state index contributed by atoms with van der Waals surface area (Å²) in [6.45, 7) is 5.20. The molecule has 0 spiro atoms. The summed E-state index contributed by atoms with van der Waals surface area (Å²) in [7, 11) is 2.00. The predicted octanol–water partition coefficient (Wildman–Crippen LogP) is 5.17. The summed E-state index contributed by atoms with van der Waals surface area (Å²) in [6.07, 6.45) is 0.890. The molecule has 2 aromatic carbocycles. The minimum Gasteiger partial charge on any atom is -0.354 e. The van der Waals surface area contributed by atoms with Crippen LogP contribution in [0.1, 0.15) is 37.4 Å². The van der Waals surface area contributed by atoms with Crippen molar-refractivity contribution in [2.75, 3.05) is 12.3 Å². The molecule has 0 fully saturated rings. The molecule has 2 heterocycles. The first kappa shape index (κ1) is 22.7. The van der Waals surface area contributed by atoms with Gasteiger partial charge in [0.2, 0.25) is 11.8 Å². The van der Waals surface area contributed by atoms with Crippen LogP contribution in [0.4, 0.5) is 0 Å². The normalized spacial score (nSPS) is 16.3. The summed E-state index contributed by atoms with van der Waals surface area (Å²) in [5.41, 5.74) is 2.91. The van der Waals surface area contributed by atoms with Crippen molar-refractivity contribution in [2.45, 2.75) is 37.9 Å². The Kier molecular flexibility index (Phi) is 6.82. The number of aryl methyl sites for hydroxylation is 1. The van der Waals surface area contributed by atoms with Crippen LogP contribution in [0.5, 0.6) is 0 Å². The number of hydrogen-bond acceptors (Lipinski definition) is 3. The minimum absolute atomic E-state index is 0.0470. The number of carbonyl (C=O) groups is 2. The van der Waals surface area contributed by atoms with E-state index >= 15 is 0 Å². The van der Waals surface area contributed by atoms with Gasteiger partial charge in [0.1, 0.15) is 6.04 Å². The predicted molar refractivity (Wildman–Crippen MR) is 131 cm³/mol. The lowest BCUT2D eigenvalue weighted by atomic mass is 10.0. The molecule has 1 aliphatic rings. The first-order valence-corrected chi connectivity index (χ1v) is 12.2.